The largest absolute Gasteiger partial charge is 0.349 e. The Balaban J connectivity index is 1.71. The van der Waals surface area contributed by atoms with Crippen molar-refractivity contribution in [1.82, 2.24) is 29.1 Å². The smallest absolute Gasteiger partial charge is 0.262 e. The second-order valence-corrected chi connectivity index (χ2v) is 8.95. The molecule has 2 aromatic heterocycles. The number of rotatable bonds is 5. The Morgan fingerprint density at radius 2 is 2.04 bits per heavy atom. The van der Waals surface area contributed by atoms with Gasteiger partial charge in [0, 0.05) is 32.0 Å². The van der Waals surface area contributed by atoms with Gasteiger partial charge in [-0.05, 0) is 32.6 Å². The fourth-order valence-electron chi connectivity index (χ4n) is 3.35. The minimum Gasteiger partial charge on any atom is -0.349 e. The molecule has 1 aliphatic carbocycles. The molecule has 1 atom stereocenters. The lowest BCUT2D eigenvalue weighted by atomic mass is 10.1. The third-order valence-corrected chi connectivity index (χ3v) is 6.66. The molecule has 0 aromatic carbocycles. The summed E-state index contributed by atoms with van der Waals surface area (Å²) in [4.78, 5) is 25.3. The van der Waals surface area contributed by atoms with E-state index < -0.39 is 16.1 Å². The lowest BCUT2D eigenvalue weighted by Gasteiger charge is -2.24. The van der Waals surface area contributed by atoms with Crippen LogP contribution < -0.4 is 5.32 Å². The quantitative estimate of drug-likeness (QED) is 0.813. The van der Waals surface area contributed by atoms with Crippen LogP contribution in [0.3, 0.4) is 0 Å². The van der Waals surface area contributed by atoms with E-state index in [2.05, 4.69) is 20.3 Å². The number of amides is 1. The summed E-state index contributed by atoms with van der Waals surface area (Å²) in [5, 5.41) is 2.95. The second kappa shape index (κ2) is 6.68. The maximum absolute atomic E-state index is 13.1. The standard InChI is InChI=1S/C17H22N6O3S/c1-11-18-8-13(17(24)21-12-5-6-12)16(20-11)14-4-3-7-23(14)27(25,26)15-9-22(2)10-19-15/h8-10,12,14H,3-7H2,1-2H3,(H,21,24)/t14-/m1/s1. The lowest BCUT2D eigenvalue weighted by Crippen LogP contribution is -2.34. The van der Waals surface area contributed by atoms with Crippen molar-refractivity contribution in [3.05, 3.63) is 35.8 Å². The van der Waals surface area contributed by atoms with Crippen molar-refractivity contribution in [1.29, 1.82) is 0 Å². The molecule has 1 saturated carbocycles. The van der Waals surface area contributed by atoms with Crippen molar-refractivity contribution < 1.29 is 13.2 Å². The van der Waals surface area contributed by atoms with Crippen LogP contribution in [0.15, 0.2) is 23.7 Å². The SMILES string of the molecule is Cc1ncc(C(=O)NC2CC2)c([C@H]2CCCN2S(=O)(=O)c2cn(C)cn2)n1. The molecule has 144 valence electrons. The van der Waals surface area contributed by atoms with Crippen LogP contribution in [0.25, 0.3) is 0 Å². The molecule has 2 aromatic rings. The van der Waals surface area contributed by atoms with Gasteiger partial charge in [0.25, 0.3) is 15.9 Å². The molecule has 0 unspecified atom stereocenters. The van der Waals surface area contributed by atoms with Crippen LogP contribution in [0.1, 0.15) is 53.6 Å². The van der Waals surface area contributed by atoms with Crippen LogP contribution >= 0.6 is 0 Å². The van der Waals surface area contributed by atoms with E-state index >= 15 is 0 Å². The first-order chi connectivity index (χ1) is 12.9. The van der Waals surface area contributed by atoms with Crippen molar-refractivity contribution in [2.24, 2.45) is 7.05 Å². The average Bonchev–Trinajstić information content (AvgIpc) is 3.10. The van der Waals surface area contributed by atoms with Crippen molar-refractivity contribution >= 4 is 15.9 Å². The molecule has 9 nitrogen and oxygen atoms in total. The highest BCUT2D eigenvalue weighted by molar-refractivity contribution is 7.89. The molecule has 10 heteroatoms. The highest BCUT2D eigenvalue weighted by atomic mass is 32.2. The van der Waals surface area contributed by atoms with Crippen LogP contribution in [-0.2, 0) is 17.1 Å². The third-order valence-electron chi connectivity index (χ3n) is 4.87. The number of carbonyl (C=O) groups is 1. The van der Waals surface area contributed by atoms with E-state index in [-0.39, 0.29) is 17.0 Å². The molecule has 0 spiro atoms. The maximum Gasteiger partial charge on any atom is 0.262 e. The summed E-state index contributed by atoms with van der Waals surface area (Å²) in [6, 6.07) is -0.303. The van der Waals surface area contributed by atoms with Gasteiger partial charge >= 0.3 is 0 Å². The minimum absolute atomic E-state index is 0.00617. The molecule has 1 amide bonds. The number of aromatic nitrogens is 4. The predicted octanol–water partition coefficient (Wildman–Crippen LogP) is 0.937. The zero-order chi connectivity index (χ0) is 19.2. The summed E-state index contributed by atoms with van der Waals surface area (Å²) in [6.45, 7) is 2.11. The third kappa shape index (κ3) is 3.46. The molecule has 27 heavy (non-hydrogen) atoms. The van der Waals surface area contributed by atoms with E-state index in [1.165, 1.54) is 23.0 Å². The van der Waals surface area contributed by atoms with Crippen LogP contribution in [0, 0.1) is 6.92 Å². The average molecular weight is 390 g/mol. The number of hydrogen-bond acceptors (Lipinski definition) is 6. The van der Waals surface area contributed by atoms with Crippen molar-refractivity contribution in [3.63, 3.8) is 0 Å². The first-order valence-electron chi connectivity index (χ1n) is 9.00. The van der Waals surface area contributed by atoms with Gasteiger partial charge in [-0.1, -0.05) is 0 Å². The number of imidazole rings is 1. The van der Waals surface area contributed by atoms with Gasteiger partial charge in [-0.2, -0.15) is 4.31 Å². The number of carbonyl (C=O) groups excluding carboxylic acids is 1. The summed E-state index contributed by atoms with van der Waals surface area (Å²) in [7, 11) is -2.05. The molecule has 1 saturated heterocycles. The van der Waals surface area contributed by atoms with Crippen molar-refractivity contribution in [2.75, 3.05) is 6.54 Å². The monoisotopic (exact) mass is 390 g/mol. The van der Waals surface area contributed by atoms with Crippen LogP contribution in [-0.4, -0.2) is 50.7 Å². The van der Waals surface area contributed by atoms with Gasteiger partial charge in [0.15, 0.2) is 5.03 Å². The van der Waals surface area contributed by atoms with Crippen LogP contribution in [0.4, 0.5) is 0 Å². The van der Waals surface area contributed by atoms with Gasteiger partial charge in [0.05, 0.1) is 23.6 Å². The number of nitrogens with one attached hydrogen (secondary N) is 1. The van der Waals surface area contributed by atoms with Gasteiger partial charge in [0.1, 0.15) is 5.82 Å². The normalized spacial score (nSPS) is 20.7. The van der Waals surface area contributed by atoms with E-state index in [9.17, 15) is 13.2 Å². The number of sulfonamides is 1. The lowest BCUT2D eigenvalue weighted by molar-refractivity contribution is 0.0947. The van der Waals surface area contributed by atoms with Crippen molar-refractivity contribution in [3.8, 4) is 0 Å². The Morgan fingerprint density at radius 3 is 2.70 bits per heavy atom. The number of aryl methyl sites for hydroxylation is 2. The Labute approximate surface area is 157 Å². The Morgan fingerprint density at radius 1 is 1.26 bits per heavy atom. The molecule has 1 aliphatic heterocycles. The topological polar surface area (TPSA) is 110 Å². The molecule has 4 rings (SSSR count). The van der Waals surface area contributed by atoms with E-state index in [0.29, 0.717) is 36.5 Å². The highest BCUT2D eigenvalue weighted by Gasteiger charge is 2.40. The molecule has 0 radical (unpaired) electrons. The van der Waals surface area contributed by atoms with E-state index in [4.69, 9.17) is 0 Å². The first kappa shape index (κ1) is 18.1. The van der Waals surface area contributed by atoms with Crippen LogP contribution in [0.5, 0.6) is 0 Å². The fraction of sp³-hybridized carbons (Fsp3) is 0.529. The maximum atomic E-state index is 13.1. The molecular formula is C17H22N6O3S. The molecule has 1 N–H and O–H groups in total. The van der Waals surface area contributed by atoms with Gasteiger partial charge in [-0.3, -0.25) is 4.79 Å². The Kier molecular flexibility index (Phi) is 4.47. The minimum atomic E-state index is -3.77. The summed E-state index contributed by atoms with van der Waals surface area (Å²) in [6.07, 6.45) is 7.68. The molecular weight excluding hydrogens is 368 g/mol. The second-order valence-electron chi connectivity index (χ2n) is 7.12. The fourth-order valence-corrected chi connectivity index (χ4v) is 4.98. The Hall–Kier alpha value is -2.33. The van der Waals surface area contributed by atoms with Gasteiger partial charge in [-0.25, -0.2) is 23.4 Å². The van der Waals surface area contributed by atoms with Crippen LogP contribution in [0.2, 0.25) is 0 Å². The number of nitrogens with zero attached hydrogens (tertiary/aromatic N) is 5. The Bertz CT molecular complexity index is 982. The zero-order valence-corrected chi connectivity index (χ0v) is 16.1. The summed E-state index contributed by atoms with van der Waals surface area (Å²) in [5.41, 5.74) is 0.818. The van der Waals surface area contributed by atoms with E-state index in [1.807, 2.05) is 0 Å². The molecule has 3 heterocycles. The molecule has 0 bridgehead atoms. The first-order valence-corrected chi connectivity index (χ1v) is 10.4. The summed E-state index contributed by atoms with van der Waals surface area (Å²) in [5.74, 6) is 0.268. The molecule has 2 fully saturated rings. The van der Waals surface area contributed by atoms with Gasteiger partial charge in [0.2, 0.25) is 0 Å². The van der Waals surface area contributed by atoms with E-state index in [1.54, 1.807) is 18.5 Å². The van der Waals surface area contributed by atoms with Crippen molar-refractivity contribution in [2.45, 2.75) is 49.7 Å². The van der Waals surface area contributed by atoms with Gasteiger partial charge < -0.3 is 9.88 Å². The predicted molar refractivity (Wildman–Crippen MR) is 96.3 cm³/mol. The molecule has 2 aliphatic rings. The number of hydrogen-bond donors (Lipinski definition) is 1. The summed E-state index contributed by atoms with van der Waals surface area (Å²) < 4.78 is 29.2. The summed E-state index contributed by atoms with van der Waals surface area (Å²) >= 11 is 0. The zero-order valence-electron chi connectivity index (χ0n) is 15.3. The highest BCUT2D eigenvalue weighted by Crippen LogP contribution is 2.36. The van der Waals surface area contributed by atoms with Gasteiger partial charge in [-0.15, -0.1) is 0 Å². The van der Waals surface area contributed by atoms with E-state index in [0.717, 1.165) is 12.8 Å².